The average Bonchev–Trinajstić information content (AvgIpc) is 3.38. The first-order valence-corrected chi connectivity index (χ1v) is 11.9. The largest absolute Gasteiger partial charge is 0.289 e. The molecule has 2 aromatic carbocycles. The summed E-state index contributed by atoms with van der Waals surface area (Å²) in [4.78, 5) is 38.9. The second-order valence-corrected chi connectivity index (χ2v) is 9.85. The molecule has 0 aromatic heterocycles. The monoisotopic (exact) mass is 476 g/mol. The van der Waals surface area contributed by atoms with E-state index in [1.54, 1.807) is 30.3 Å². The molecule has 0 radical (unpaired) electrons. The standard InChI is InChI=1S/C21H21ClN4O5S/c22-14-8-10-16(11-9-14)32(30,31)25-12-4-7-18(25)20(28)24-23-17-13-19(27)26(21(17)29)15-5-2-1-3-6-15/h1-3,5-6,8-11,17-18,23H,4,7,12-13H2,(H,24,28). The van der Waals surface area contributed by atoms with Gasteiger partial charge in [0.15, 0.2) is 0 Å². The molecule has 2 aromatic rings. The highest BCUT2D eigenvalue weighted by Gasteiger charge is 2.42. The van der Waals surface area contributed by atoms with E-state index in [4.69, 9.17) is 11.6 Å². The third-order valence-electron chi connectivity index (χ3n) is 5.46. The summed E-state index contributed by atoms with van der Waals surface area (Å²) in [6.07, 6.45) is 0.743. The molecule has 2 unspecified atom stereocenters. The Bertz CT molecular complexity index is 1140. The Kier molecular flexibility index (Phi) is 6.29. The number of hydrogen-bond donors (Lipinski definition) is 2. The van der Waals surface area contributed by atoms with Gasteiger partial charge in [0.1, 0.15) is 12.1 Å². The highest BCUT2D eigenvalue weighted by Crippen LogP contribution is 2.27. The maximum Gasteiger partial charge on any atom is 0.253 e. The molecule has 2 aliphatic rings. The van der Waals surface area contributed by atoms with E-state index in [-0.39, 0.29) is 23.8 Å². The summed E-state index contributed by atoms with van der Waals surface area (Å²) in [5, 5.41) is 0.407. The number of nitrogens with one attached hydrogen (secondary N) is 2. The molecule has 2 aliphatic heterocycles. The number of carbonyl (C=O) groups excluding carboxylic acids is 3. The van der Waals surface area contributed by atoms with Crippen LogP contribution in [0.3, 0.4) is 0 Å². The van der Waals surface area contributed by atoms with Crippen molar-refractivity contribution in [2.24, 2.45) is 0 Å². The average molecular weight is 477 g/mol. The summed E-state index contributed by atoms with van der Waals surface area (Å²) in [7, 11) is -3.89. The molecule has 2 saturated heterocycles. The van der Waals surface area contributed by atoms with Crippen LogP contribution in [0, 0.1) is 0 Å². The van der Waals surface area contributed by atoms with Crippen LogP contribution in [0.25, 0.3) is 0 Å². The summed E-state index contributed by atoms with van der Waals surface area (Å²) in [5.41, 5.74) is 5.50. The number of carbonyl (C=O) groups is 3. The molecular formula is C21H21ClN4O5S. The molecule has 2 fully saturated rings. The Morgan fingerprint density at radius 3 is 2.41 bits per heavy atom. The van der Waals surface area contributed by atoms with Gasteiger partial charge in [0, 0.05) is 11.6 Å². The first kappa shape index (κ1) is 22.4. The second kappa shape index (κ2) is 8.99. The number of para-hydroxylation sites is 1. The summed E-state index contributed by atoms with van der Waals surface area (Å²) >= 11 is 5.84. The molecule has 3 amide bonds. The third-order valence-corrected chi connectivity index (χ3v) is 7.63. The summed E-state index contributed by atoms with van der Waals surface area (Å²) in [6, 6.07) is 12.4. The molecule has 32 heavy (non-hydrogen) atoms. The Labute approximate surface area is 190 Å². The predicted molar refractivity (Wildman–Crippen MR) is 117 cm³/mol. The van der Waals surface area contributed by atoms with Gasteiger partial charge in [-0.1, -0.05) is 29.8 Å². The SMILES string of the molecule is O=C(NNC1CC(=O)N(c2ccccc2)C1=O)C1CCCN1S(=O)(=O)c1ccc(Cl)cc1. The molecular weight excluding hydrogens is 456 g/mol. The van der Waals surface area contributed by atoms with Crippen LogP contribution < -0.4 is 15.8 Å². The smallest absolute Gasteiger partial charge is 0.253 e. The van der Waals surface area contributed by atoms with Gasteiger partial charge in [-0.2, -0.15) is 4.31 Å². The van der Waals surface area contributed by atoms with E-state index in [2.05, 4.69) is 10.9 Å². The van der Waals surface area contributed by atoms with Gasteiger partial charge in [-0.15, -0.1) is 0 Å². The van der Waals surface area contributed by atoms with Crippen molar-refractivity contribution in [2.75, 3.05) is 11.4 Å². The van der Waals surface area contributed by atoms with Crippen LogP contribution in [-0.2, 0) is 24.4 Å². The van der Waals surface area contributed by atoms with Gasteiger partial charge in [0.25, 0.3) is 11.8 Å². The van der Waals surface area contributed by atoms with Crippen molar-refractivity contribution in [1.82, 2.24) is 15.2 Å². The van der Waals surface area contributed by atoms with Crippen LogP contribution in [0.15, 0.2) is 59.5 Å². The van der Waals surface area contributed by atoms with Gasteiger partial charge in [0.05, 0.1) is 17.0 Å². The van der Waals surface area contributed by atoms with Crippen LogP contribution in [0.5, 0.6) is 0 Å². The fourth-order valence-corrected chi connectivity index (χ4v) is 5.65. The molecule has 2 heterocycles. The van der Waals surface area contributed by atoms with E-state index in [0.29, 0.717) is 23.6 Å². The normalized spacial score (nSPS) is 21.8. The molecule has 9 nitrogen and oxygen atoms in total. The van der Waals surface area contributed by atoms with Crippen molar-refractivity contribution in [2.45, 2.75) is 36.2 Å². The molecule has 0 spiro atoms. The quantitative estimate of drug-likeness (QED) is 0.481. The third kappa shape index (κ3) is 4.26. The lowest BCUT2D eigenvalue weighted by Gasteiger charge is -2.24. The van der Waals surface area contributed by atoms with Crippen LogP contribution in [0.1, 0.15) is 19.3 Å². The molecule has 0 aliphatic carbocycles. The van der Waals surface area contributed by atoms with Gasteiger partial charge in [-0.3, -0.25) is 19.8 Å². The zero-order valence-corrected chi connectivity index (χ0v) is 18.5. The molecule has 11 heteroatoms. The van der Waals surface area contributed by atoms with Crippen LogP contribution in [0.2, 0.25) is 5.02 Å². The molecule has 2 N–H and O–H groups in total. The van der Waals surface area contributed by atoms with Gasteiger partial charge >= 0.3 is 0 Å². The zero-order valence-electron chi connectivity index (χ0n) is 16.9. The van der Waals surface area contributed by atoms with Crippen LogP contribution in [-0.4, -0.2) is 49.1 Å². The number of rotatable bonds is 6. The molecule has 4 rings (SSSR count). The highest BCUT2D eigenvalue weighted by atomic mass is 35.5. The van der Waals surface area contributed by atoms with E-state index >= 15 is 0 Å². The Morgan fingerprint density at radius 1 is 1.03 bits per heavy atom. The number of anilines is 1. The van der Waals surface area contributed by atoms with Crippen molar-refractivity contribution >= 4 is 45.0 Å². The Morgan fingerprint density at radius 2 is 1.72 bits per heavy atom. The fraction of sp³-hybridized carbons (Fsp3) is 0.286. The summed E-state index contributed by atoms with van der Waals surface area (Å²) in [5.74, 6) is -1.46. The van der Waals surface area contributed by atoms with E-state index in [0.717, 1.165) is 9.21 Å². The van der Waals surface area contributed by atoms with Crippen molar-refractivity contribution in [3.8, 4) is 0 Å². The van der Waals surface area contributed by atoms with Crippen molar-refractivity contribution in [3.63, 3.8) is 0 Å². The lowest BCUT2D eigenvalue weighted by molar-refractivity contribution is -0.126. The lowest BCUT2D eigenvalue weighted by atomic mass is 10.2. The van der Waals surface area contributed by atoms with Gasteiger partial charge in [0.2, 0.25) is 15.9 Å². The van der Waals surface area contributed by atoms with E-state index in [1.807, 2.05) is 0 Å². The molecule has 168 valence electrons. The summed E-state index contributed by atoms with van der Waals surface area (Å²) in [6.45, 7) is 0.200. The molecule has 2 atom stereocenters. The van der Waals surface area contributed by atoms with Crippen molar-refractivity contribution < 1.29 is 22.8 Å². The maximum atomic E-state index is 13.0. The number of halogens is 1. The first-order chi connectivity index (χ1) is 15.3. The van der Waals surface area contributed by atoms with Gasteiger partial charge < -0.3 is 0 Å². The van der Waals surface area contributed by atoms with Crippen molar-refractivity contribution in [3.05, 3.63) is 59.6 Å². The highest BCUT2D eigenvalue weighted by molar-refractivity contribution is 7.89. The molecule has 0 bridgehead atoms. The van der Waals surface area contributed by atoms with Crippen molar-refractivity contribution in [1.29, 1.82) is 0 Å². The number of sulfonamides is 1. The molecule has 0 saturated carbocycles. The number of amides is 3. The Balaban J connectivity index is 1.42. The summed E-state index contributed by atoms with van der Waals surface area (Å²) < 4.78 is 27.1. The second-order valence-electron chi connectivity index (χ2n) is 7.52. The first-order valence-electron chi connectivity index (χ1n) is 10.0. The van der Waals surface area contributed by atoms with Gasteiger partial charge in [-0.05, 0) is 49.2 Å². The van der Waals surface area contributed by atoms with Crippen LogP contribution in [0.4, 0.5) is 5.69 Å². The van der Waals surface area contributed by atoms with E-state index in [1.165, 1.54) is 24.3 Å². The number of hydrogen-bond acceptors (Lipinski definition) is 6. The topological polar surface area (TPSA) is 116 Å². The minimum Gasteiger partial charge on any atom is -0.289 e. The number of benzene rings is 2. The van der Waals surface area contributed by atoms with Crippen LogP contribution >= 0.6 is 11.6 Å². The number of hydrazine groups is 1. The minimum atomic E-state index is -3.89. The van der Waals surface area contributed by atoms with Gasteiger partial charge in [-0.25, -0.2) is 18.7 Å². The Hall–Kier alpha value is -2.79. The lowest BCUT2D eigenvalue weighted by Crippen LogP contribution is -2.54. The number of nitrogens with zero attached hydrogens (tertiary/aromatic N) is 2. The van der Waals surface area contributed by atoms with E-state index < -0.39 is 33.9 Å². The zero-order chi connectivity index (χ0) is 22.9. The van der Waals surface area contributed by atoms with E-state index in [9.17, 15) is 22.8 Å². The fourth-order valence-electron chi connectivity index (χ4n) is 3.87. The maximum absolute atomic E-state index is 13.0. The minimum absolute atomic E-state index is 0.0460. The predicted octanol–water partition coefficient (Wildman–Crippen LogP) is 1.45. The number of imide groups is 1.